The van der Waals surface area contributed by atoms with Gasteiger partial charge in [0.2, 0.25) is 5.96 Å². The lowest BCUT2D eigenvalue weighted by atomic mass is 9.93. The van der Waals surface area contributed by atoms with Crippen LogP contribution in [-0.2, 0) is 17.8 Å². The van der Waals surface area contributed by atoms with Gasteiger partial charge in [-0.1, -0.05) is 0 Å². The Morgan fingerprint density at radius 3 is 2.64 bits per heavy atom. The van der Waals surface area contributed by atoms with Crippen LogP contribution in [0.1, 0.15) is 42.2 Å². The number of halogens is 3. The first-order chi connectivity index (χ1) is 15.6. The van der Waals surface area contributed by atoms with Crippen LogP contribution in [0.15, 0.2) is 14.6 Å². The second kappa shape index (κ2) is 8.84. The molecule has 1 saturated carbocycles. The number of hydrogen-bond acceptors (Lipinski definition) is 7. The van der Waals surface area contributed by atoms with Crippen molar-refractivity contribution in [2.24, 2.45) is 4.99 Å². The van der Waals surface area contributed by atoms with Crippen molar-refractivity contribution in [2.75, 3.05) is 20.2 Å². The average Bonchev–Trinajstić information content (AvgIpc) is 3.27. The van der Waals surface area contributed by atoms with Gasteiger partial charge in [0.15, 0.2) is 0 Å². The number of rotatable bonds is 5. The number of nitrogens with one attached hydrogen (secondary N) is 1. The lowest BCUT2D eigenvalue weighted by Crippen LogP contribution is -2.44. The van der Waals surface area contributed by atoms with Crippen molar-refractivity contribution in [1.29, 1.82) is 0 Å². The summed E-state index contributed by atoms with van der Waals surface area (Å²) in [5.41, 5.74) is -0.519. The first-order valence-electron chi connectivity index (χ1n) is 10.6. The second-order valence-corrected chi connectivity index (χ2v) is 9.22. The quantitative estimate of drug-likeness (QED) is 0.700. The molecule has 1 N–H and O–H groups in total. The minimum atomic E-state index is -4.43. The summed E-state index contributed by atoms with van der Waals surface area (Å²) in [4.78, 5) is 44.9. The van der Waals surface area contributed by atoms with Crippen molar-refractivity contribution in [3.8, 4) is 0 Å². The van der Waals surface area contributed by atoms with E-state index in [0.29, 0.717) is 37.5 Å². The zero-order chi connectivity index (χ0) is 23.9. The van der Waals surface area contributed by atoms with Gasteiger partial charge in [-0.05, 0) is 31.7 Å². The SMILES string of the molecule is COC(=O)NC1=NCCN1Cc1sc2c(c1C)c(=O)n(C1CCC1)c(=O)n2CCC(F)(F)F. The van der Waals surface area contributed by atoms with Crippen LogP contribution in [0.2, 0.25) is 0 Å². The molecule has 2 aromatic heterocycles. The van der Waals surface area contributed by atoms with Crippen LogP contribution >= 0.6 is 11.3 Å². The van der Waals surface area contributed by atoms with E-state index in [1.165, 1.54) is 7.11 Å². The van der Waals surface area contributed by atoms with Gasteiger partial charge in [-0.25, -0.2) is 9.59 Å². The molecule has 0 aromatic carbocycles. The number of thiophene rings is 1. The van der Waals surface area contributed by atoms with E-state index in [-0.39, 0.29) is 22.8 Å². The molecular formula is C20H24F3N5O4S. The summed E-state index contributed by atoms with van der Waals surface area (Å²) in [6, 6.07) is -0.282. The van der Waals surface area contributed by atoms with Crippen LogP contribution in [-0.4, -0.2) is 52.5 Å². The fraction of sp³-hybridized carbons (Fsp3) is 0.600. The van der Waals surface area contributed by atoms with Crippen LogP contribution in [0.25, 0.3) is 10.2 Å². The van der Waals surface area contributed by atoms with Gasteiger partial charge < -0.3 is 9.64 Å². The standard InChI is InChI=1S/C20H24F3N5O4S/c1-11-13(10-26-9-7-24-17(26)25-18(30)32-2)33-16-14(11)15(29)28(12-4-3-5-12)19(31)27(16)8-6-20(21,22)23/h12H,3-10H2,1-2H3,(H,24,25,30). The summed E-state index contributed by atoms with van der Waals surface area (Å²) in [6.07, 6.45) is -4.08. The summed E-state index contributed by atoms with van der Waals surface area (Å²) in [5.74, 6) is 0.319. The monoisotopic (exact) mass is 487 g/mol. The van der Waals surface area contributed by atoms with Gasteiger partial charge in [0, 0.05) is 24.0 Å². The number of fused-ring (bicyclic) bond motifs is 1. The molecule has 180 valence electrons. The Labute approximate surface area is 190 Å². The molecule has 0 spiro atoms. The number of carbonyl (C=O) groups is 1. The number of alkyl carbamates (subject to hydrolysis) is 1. The molecule has 1 aliphatic carbocycles. The van der Waals surface area contributed by atoms with Crippen LogP contribution in [0.3, 0.4) is 0 Å². The molecule has 0 atom stereocenters. The molecule has 2 aliphatic rings. The second-order valence-electron chi connectivity index (χ2n) is 8.13. The van der Waals surface area contributed by atoms with Crippen molar-refractivity contribution in [1.82, 2.24) is 19.4 Å². The predicted molar refractivity (Wildman–Crippen MR) is 117 cm³/mol. The third-order valence-corrected chi connectivity index (χ3v) is 7.36. The minimum absolute atomic E-state index is 0.246. The lowest BCUT2D eigenvalue weighted by molar-refractivity contribution is -0.136. The largest absolute Gasteiger partial charge is 0.453 e. The van der Waals surface area contributed by atoms with Crippen molar-refractivity contribution < 1.29 is 22.7 Å². The third-order valence-electron chi connectivity index (χ3n) is 6.07. The molecule has 0 bridgehead atoms. The van der Waals surface area contributed by atoms with Gasteiger partial charge in [-0.3, -0.25) is 24.2 Å². The number of amides is 1. The Hall–Kier alpha value is -2.83. The highest BCUT2D eigenvalue weighted by Crippen LogP contribution is 2.33. The minimum Gasteiger partial charge on any atom is -0.453 e. The van der Waals surface area contributed by atoms with Crippen molar-refractivity contribution >= 4 is 33.6 Å². The smallest absolute Gasteiger partial charge is 0.413 e. The Morgan fingerprint density at radius 1 is 1.30 bits per heavy atom. The van der Waals surface area contributed by atoms with E-state index < -0.39 is 36.5 Å². The van der Waals surface area contributed by atoms with Gasteiger partial charge in [-0.2, -0.15) is 13.2 Å². The van der Waals surface area contributed by atoms with Crippen LogP contribution in [0.4, 0.5) is 18.0 Å². The van der Waals surface area contributed by atoms with Crippen LogP contribution in [0.5, 0.6) is 0 Å². The van der Waals surface area contributed by atoms with E-state index in [9.17, 15) is 27.6 Å². The van der Waals surface area contributed by atoms with Crippen LogP contribution < -0.4 is 16.6 Å². The first kappa shape index (κ1) is 23.3. The maximum absolute atomic E-state index is 13.3. The number of aliphatic imine (C=N–C) groups is 1. The molecule has 0 unspecified atom stereocenters. The van der Waals surface area contributed by atoms with Crippen molar-refractivity contribution in [3.05, 3.63) is 31.3 Å². The molecule has 4 rings (SSSR count). The summed E-state index contributed by atoms with van der Waals surface area (Å²) in [5, 5.41) is 2.81. The highest BCUT2D eigenvalue weighted by Gasteiger charge is 2.31. The summed E-state index contributed by atoms with van der Waals surface area (Å²) < 4.78 is 45.8. The van der Waals surface area contributed by atoms with Gasteiger partial charge in [0.05, 0.1) is 32.0 Å². The number of methoxy groups -OCH3 is 1. The molecule has 3 heterocycles. The summed E-state index contributed by atoms with van der Waals surface area (Å²) in [7, 11) is 1.23. The maximum atomic E-state index is 13.3. The maximum Gasteiger partial charge on any atom is 0.413 e. The van der Waals surface area contributed by atoms with E-state index in [2.05, 4.69) is 15.0 Å². The van der Waals surface area contributed by atoms with Gasteiger partial charge in [0.1, 0.15) is 4.83 Å². The van der Waals surface area contributed by atoms with E-state index >= 15 is 0 Å². The number of nitrogens with zero attached hydrogens (tertiary/aromatic N) is 4. The number of alkyl halides is 3. The fourth-order valence-electron chi connectivity index (χ4n) is 4.03. The third kappa shape index (κ3) is 4.50. The number of carbonyl (C=O) groups excluding carboxylic acids is 1. The van der Waals surface area contributed by atoms with Crippen molar-refractivity contribution in [3.63, 3.8) is 0 Å². The first-order valence-corrected chi connectivity index (χ1v) is 11.4. The summed E-state index contributed by atoms with van der Waals surface area (Å²) >= 11 is 1.13. The zero-order valence-corrected chi connectivity index (χ0v) is 19.0. The molecule has 2 aromatic rings. The lowest BCUT2D eigenvalue weighted by Gasteiger charge is -2.27. The molecule has 1 fully saturated rings. The Morgan fingerprint density at radius 2 is 2.03 bits per heavy atom. The topological polar surface area (TPSA) is 97.9 Å². The van der Waals surface area contributed by atoms with Crippen molar-refractivity contribution in [2.45, 2.75) is 57.9 Å². The van der Waals surface area contributed by atoms with Gasteiger partial charge in [-0.15, -0.1) is 11.3 Å². The highest BCUT2D eigenvalue weighted by atomic mass is 32.1. The van der Waals surface area contributed by atoms with E-state index in [1.54, 1.807) is 11.8 Å². The Bertz CT molecular complexity index is 1230. The van der Waals surface area contributed by atoms with Gasteiger partial charge >= 0.3 is 18.0 Å². The molecule has 1 amide bonds. The molecule has 9 nitrogen and oxygen atoms in total. The van der Waals surface area contributed by atoms with E-state index in [4.69, 9.17) is 0 Å². The molecule has 13 heteroatoms. The zero-order valence-electron chi connectivity index (χ0n) is 18.2. The average molecular weight is 488 g/mol. The fourth-order valence-corrected chi connectivity index (χ4v) is 5.37. The van der Waals surface area contributed by atoms with E-state index in [1.807, 2.05) is 0 Å². The van der Waals surface area contributed by atoms with Crippen LogP contribution in [0, 0.1) is 6.92 Å². The normalized spacial score (nSPS) is 16.8. The molecule has 0 radical (unpaired) electrons. The number of ether oxygens (including phenoxy) is 1. The van der Waals surface area contributed by atoms with Gasteiger partial charge in [0.25, 0.3) is 5.56 Å². The molecule has 33 heavy (non-hydrogen) atoms. The number of hydrogen-bond donors (Lipinski definition) is 1. The molecule has 1 aliphatic heterocycles. The predicted octanol–water partition coefficient (Wildman–Crippen LogP) is 2.74. The molecular weight excluding hydrogens is 463 g/mol. The number of aryl methyl sites for hydroxylation is 2. The van der Waals surface area contributed by atoms with E-state index in [0.717, 1.165) is 31.8 Å². The molecule has 0 saturated heterocycles. The number of aromatic nitrogens is 2. The Kier molecular flexibility index (Phi) is 6.25. The number of guanidine groups is 1. The Balaban J connectivity index is 1.77. The summed E-state index contributed by atoms with van der Waals surface area (Å²) in [6.45, 7) is 2.43. The highest BCUT2D eigenvalue weighted by molar-refractivity contribution is 7.18.